The maximum Gasteiger partial charge on any atom is 0.323 e. The van der Waals surface area contributed by atoms with Gasteiger partial charge in [0.05, 0.1) is 13.2 Å². The molecule has 3 aromatic carbocycles. The summed E-state index contributed by atoms with van der Waals surface area (Å²) >= 11 is 6.00. The molecule has 0 fully saturated rings. The van der Waals surface area contributed by atoms with E-state index in [1.54, 1.807) is 36.4 Å². The van der Waals surface area contributed by atoms with Crippen LogP contribution >= 0.6 is 11.6 Å². The number of ether oxygens (including phenoxy) is 2. The summed E-state index contributed by atoms with van der Waals surface area (Å²) in [6, 6.07) is 20.8. The molecule has 1 N–H and O–H groups in total. The summed E-state index contributed by atoms with van der Waals surface area (Å²) in [6.07, 6.45) is 0.575. The molecule has 2 bridgehead atoms. The molecule has 1 aliphatic rings. The first kappa shape index (κ1) is 29.6. The molecular formula is C32H37ClN2O5. The van der Waals surface area contributed by atoms with E-state index in [2.05, 4.69) is 43.0 Å². The van der Waals surface area contributed by atoms with Crippen LogP contribution in [0.3, 0.4) is 0 Å². The Kier molecular flexibility index (Phi) is 10.6. The Morgan fingerprint density at radius 2 is 1.77 bits per heavy atom. The number of aliphatic carboxylic acids is 1. The van der Waals surface area contributed by atoms with Crippen LogP contribution < -0.4 is 4.74 Å². The Bertz CT molecular complexity index is 1290. The van der Waals surface area contributed by atoms with E-state index in [4.69, 9.17) is 21.1 Å². The number of fused-ring (bicyclic) bond motifs is 3. The summed E-state index contributed by atoms with van der Waals surface area (Å²) in [7, 11) is 0. The average Bonchev–Trinajstić information content (AvgIpc) is 2.91. The van der Waals surface area contributed by atoms with Crippen molar-refractivity contribution in [3.05, 3.63) is 99.6 Å². The molecule has 40 heavy (non-hydrogen) atoms. The van der Waals surface area contributed by atoms with E-state index in [9.17, 15) is 14.7 Å². The lowest BCUT2D eigenvalue weighted by Crippen LogP contribution is -2.35. The third-order valence-electron chi connectivity index (χ3n) is 6.66. The molecular weight excluding hydrogens is 528 g/mol. The van der Waals surface area contributed by atoms with E-state index >= 15 is 0 Å². The van der Waals surface area contributed by atoms with Crippen molar-refractivity contribution in [1.29, 1.82) is 0 Å². The number of carbonyl (C=O) groups excluding carboxylic acids is 1. The van der Waals surface area contributed by atoms with Crippen molar-refractivity contribution in [2.45, 2.75) is 33.4 Å². The SMILES string of the molecule is CC(C)CN1CCOCCOc2ccc(C(=O)N(CC(=O)O)Cc3ccc(Cl)cc3)cc2Cc2cccc(c2)C1. The molecule has 1 aliphatic heterocycles. The second-order valence-electron chi connectivity index (χ2n) is 10.6. The predicted octanol–water partition coefficient (Wildman–Crippen LogP) is 5.52. The van der Waals surface area contributed by atoms with Crippen molar-refractivity contribution < 1.29 is 24.2 Å². The van der Waals surface area contributed by atoms with Gasteiger partial charge in [0.25, 0.3) is 5.91 Å². The number of hydrogen-bond acceptors (Lipinski definition) is 5. The number of carboxylic acid groups (broad SMARTS) is 1. The van der Waals surface area contributed by atoms with Crippen LogP contribution in [0.1, 0.15) is 46.5 Å². The summed E-state index contributed by atoms with van der Waals surface area (Å²) in [6.45, 7) is 8.35. The molecule has 0 saturated heterocycles. The molecule has 0 unspecified atom stereocenters. The lowest BCUT2D eigenvalue weighted by Gasteiger charge is -2.25. The van der Waals surface area contributed by atoms with Crippen molar-refractivity contribution in [3.63, 3.8) is 0 Å². The second-order valence-corrected chi connectivity index (χ2v) is 11.0. The van der Waals surface area contributed by atoms with Crippen LogP contribution in [-0.4, -0.2) is 66.2 Å². The van der Waals surface area contributed by atoms with Crippen LogP contribution in [0, 0.1) is 5.92 Å². The first-order chi connectivity index (χ1) is 19.3. The van der Waals surface area contributed by atoms with E-state index in [-0.39, 0.29) is 12.5 Å². The molecule has 212 valence electrons. The predicted molar refractivity (Wildman–Crippen MR) is 156 cm³/mol. The van der Waals surface area contributed by atoms with E-state index in [0.717, 1.165) is 36.3 Å². The third kappa shape index (κ3) is 8.81. The Morgan fingerprint density at radius 1 is 1.00 bits per heavy atom. The number of carboxylic acids is 1. The van der Waals surface area contributed by atoms with Crippen LogP contribution in [0.5, 0.6) is 5.75 Å². The quantitative estimate of drug-likeness (QED) is 0.407. The largest absolute Gasteiger partial charge is 0.491 e. The van der Waals surface area contributed by atoms with Crippen LogP contribution in [-0.2, 0) is 29.0 Å². The Morgan fingerprint density at radius 3 is 2.52 bits per heavy atom. The summed E-state index contributed by atoms with van der Waals surface area (Å²) in [4.78, 5) is 28.9. The minimum atomic E-state index is -1.08. The highest BCUT2D eigenvalue weighted by Gasteiger charge is 2.21. The van der Waals surface area contributed by atoms with Crippen LogP contribution in [0.2, 0.25) is 5.02 Å². The first-order valence-corrected chi connectivity index (χ1v) is 14.0. The van der Waals surface area contributed by atoms with Gasteiger partial charge >= 0.3 is 5.97 Å². The number of rotatable bonds is 7. The zero-order chi connectivity index (χ0) is 28.5. The van der Waals surface area contributed by atoms with Gasteiger partial charge in [0.15, 0.2) is 0 Å². The highest BCUT2D eigenvalue weighted by Crippen LogP contribution is 2.26. The molecule has 0 aliphatic carbocycles. The zero-order valence-electron chi connectivity index (χ0n) is 23.1. The maximum absolute atomic E-state index is 13.6. The van der Waals surface area contributed by atoms with Gasteiger partial charge in [0, 0.05) is 43.2 Å². The molecule has 1 amide bonds. The van der Waals surface area contributed by atoms with Crippen LogP contribution in [0.25, 0.3) is 0 Å². The molecule has 1 heterocycles. The molecule has 3 aromatic rings. The van der Waals surface area contributed by atoms with Crippen molar-refractivity contribution in [2.75, 3.05) is 39.5 Å². The highest BCUT2D eigenvalue weighted by atomic mass is 35.5. The summed E-state index contributed by atoms with van der Waals surface area (Å²) in [5.41, 5.74) is 4.41. The van der Waals surface area contributed by atoms with Crippen molar-refractivity contribution in [1.82, 2.24) is 9.80 Å². The van der Waals surface area contributed by atoms with Gasteiger partial charge in [-0.05, 0) is 58.5 Å². The number of benzene rings is 3. The van der Waals surface area contributed by atoms with Gasteiger partial charge < -0.3 is 19.5 Å². The average molecular weight is 565 g/mol. The molecule has 7 nitrogen and oxygen atoms in total. The van der Waals surface area contributed by atoms with E-state index < -0.39 is 12.5 Å². The molecule has 0 spiro atoms. The lowest BCUT2D eigenvalue weighted by atomic mass is 9.99. The van der Waals surface area contributed by atoms with Crippen molar-refractivity contribution in [2.24, 2.45) is 5.92 Å². The standard InChI is InChI=1S/C32H37ClN2O5/c1-23(2)19-34-12-13-39-14-15-40-30-11-8-27(18-28(30)17-25-4-3-5-26(16-25)20-34)32(38)35(22-31(36)37)21-24-6-9-29(33)10-7-24/h3-11,16,18,23H,12-15,17,19-22H2,1-2H3,(H,36,37). The first-order valence-electron chi connectivity index (χ1n) is 13.7. The van der Waals surface area contributed by atoms with Gasteiger partial charge in [-0.15, -0.1) is 0 Å². The summed E-state index contributed by atoms with van der Waals surface area (Å²) in [5.74, 6) is -0.201. The molecule has 4 rings (SSSR count). The molecule has 0 aromatic heterocycles. The lowest BCUT2D eigenvalue weighted by molar-refractivity contribution is -0.137. The van der Waals surface area contributed by atoms with Crippen LogP contribution in [0.15, 0.2) is 66.7 Å². The maximum atomic E-state index is 13.6. The van der Waals surface area contributed by atoms with Gasteiger partial charge in [-0.1, -0.05) is 61.8 Å². The van der Waals surface area contributed by atoms with E-state index in [1.807, 2.05) is 6.07 Å². The second kappa shape index (κ2) is 14.3. The van der Waals surface area contributed by atoms with E-state index in [0.29, 0.717) is 48.5 Å². The van der Waals surface area contributed by atoms with Crippen molar-refractivity contribution >= 4 is 23.5 Å². The molecule has 0 saturated carbocycles. The van der Waals surface area contributed by atoms with Gasteiger partial charge in [-0.25, -0.2) is 0 Å². The minimum Gasteiger partial charge on any atom is -0.491 e. The number of nitrogens with zero attached hydrogens (tertiary/aromatic N) is 2. The number of hydrogen-bond donors (Lipinski definition) is 1. The summed E-state index contributed by atoms with van der Waals surface area (Å²) < 4.78 is 12.0. The molecule has 0 atom stereocenters. The fraction of sp³-hybridized carbons (Fsp3) is 0.375. The topological polar surface area (TPSA) is 79.3 Å². The number of carbonyl (C=O) groups is 2. The Labute approximate surface area is 241 Å². The fourth-order valence-corrected chi connectivity index (χ4v) is 5.05. The zero-order valence-corrected chi connectivity index (χ0v) is 23.9. The van der Waals surface area contributed by atoms with Gasteiger partial charge in [0.2, 0.25) is 0 Å². The van der Waals surface area contributed by atoms with Gasteiger partial charge in [0.1, 0.15) is 18.9 Å². The van der Waals surface area contributed by atoms with Crippen LogP contribution in [0.4, 0.5) is 0 Å². The number of amides is 1. The van der Waals surface area contributed by atoms with Crippen molar-refractivity contribution in [3.8, 4) is 5.75 Å². The third-order valence-corrected chi connectivity index (χ3v) is 6.91. The minimum absolute atomic E-state index is 0.155. The van der Waals surface area contributed by atoms with Gasteiger partial charge in [-0.2, -0.15) is 0 Å². The molecule has 0 radical (unpaired) electrons. The van der Waals surface area contributed by atoms with E-state index in [1.165, 1.54) is 10.5 Å². The normalized spacial score (nSPS) is 14.6. The highest BCUT2D eigenvalue weighted by molar-refractivity contribution is 6.30. The monoisotopic (exact) mass is 564 g/mol. The molecule has 8 heteroatoms. The van der Waals surface area contributed by atoms with Gasteiger partial charge in [-0.3, -0.25) is 14.5 Å². The Hall–Kier alpha value is -3.39. The smallest absolute Gasteiger partial charge is 0.323 e. The Balaban J connectivity index is 1.61. The fourth-order valence-electron chi connectivity index (χ4n) is 4.92. The number of halogens is 1. The summed E-state index contributed by atoms with van der Waals surface area (Å²) in [5, 5.41) is 10.1.